The Kier molecular flexibility index (Phi) is 3.92. The largest absolute Gasteiger partial charge is 0.352 e. The Bertz CT molecular complexity index is 556. The van der Waals surface area contributed by atoms with Gasteiger partial charge in [-0.05, 0) is 18.1 Å². The molecule has 1 saturated heterocycles. The molecule has 0 aromatic heterocycles. The maximum atomic E-state index is 11.8. The molecule has 0 spiro atoms. The van der Waals surface area contributed by atoms with E-state index in [4.69, 9.17) is 11.6 Å². The van der Waals surface area contributed by atoms with Gasteiger partial charge in [-0.1, -0.05) is 29.8 Å². The average Bonchev–Trinajstić information content (AvgIpc) is 2.68. The summed E-state index contributed by atoms with van der Waals surface area (Å²) >= 11 is 5.97. The quantitative estimate of drug-likeness (QED) is 0.914. The Morgan fingerprint density at radius 3 is 2.72 bits per heavy atom. The molecule has 1 aromatic carbocycles. The van der Waals surface area contributed by atoms with Crippen molar-refractivity contribution in [2.24, 2.45) is 5.92 Å². The van der Waals surface area contributed by atoms with Gasteiger partial charge in [-0.3, -0.25) is 4.79 Å². The predicted octanol–water partition coefficient (Wildman–Crippen LogP) is 1.39. The lowest BCUT2D eigenvalue weighted by Gasteiger charge is -2.10. The van der Waals surface area contributed by atoms with Gasteiger partial charge >= 0.3 is 0 Å². The minimum atomic E-state index is -3.02. The second-order valence-corrected chi connectivity index (χ2v) is 7.05. The van der Waals surface area contributed by atoms with Gasteiger partial charge in [0.25, 0.3) is 0 Å². The maximum Gasteiger partial charge on any atom is 0.224 e. The molecule has 0 bridgehead atoms. The molecule has 1 N–H and O–H groups in total. The third-order valence-corrected chi connectivity index (χ3v) is 5.15. The molecule has 4 nitrogen and oxygen atoms in total. The van der Waals surface area contributed by atoms with Crippen LogP contribution in [0.5, 0.6) is 0 Å². The van der Waals surface area contributed by atoms with Crippen LogP contribution < -0.4 is 5.32 Å². The number of amides is 1. The molecule has 1 unspecified atom stereocenters. The molecule has 1 heterocycles. The Balaban J connectivity index is 1.92. The summed E-state index contributed by atoms with van der Waals surface area (Å²) in [4.78, 5) is 11.8. The number of benzene rings is 1. The number of rotatable bonds is 3. The highest BCUT2D eigenvalue weighted by Crippen LogP contribution is 2.19. The van der Waals surface area contributed by atoms with Crippen molar-refractivity contribution in [3.63, 3.8) is 0 Å². The standard InChI is InChI=1S/C12H14ClNO3S/c13-11-4-2-1-3-9(11)7-14-12(15)10-5-6-18(16,17)8-10/h1-4,10H,5-8H2,(H,14,15). The number of hydrogen-bond donors (Lipinski definition) is 1. The number of carbonyl (C=O) groups is 1. The summed E-state index contributed by atoms with van der Waals surface area (Å²) in [6, 6.07) is 7.24. The van der Waals surface area contributed by atoms with E-state index in [-0.39, 0.29) is 17.4 Å². The van der Waals surface area contributed by atoms with Gasteiger partial charge in [0.05, 0.1) is 17.4 Å². The van der Waals surface area contributed by atoms with Gasteiger partial charge in [0, 0.05) is 11.6 Å². The fraction of sp³-hybridized carbons (Fsp3) is 0.417. The minimum Gasteiger partial charge on any atom is -0.352 e. The Hall–Kier alpha value is -1.07. The third kappa shape index (κ3) is 3.23. The molecule has 0 saturated carbocycles. The van der Waals surface area contributed by atoms with Crippen LogP contribution in [-0.2, 0) is 21.2 Å². The Labute approximate surface area is 111 Å². The van der Waals surface area contributed by atoms with Crippen molar-refractivity contribution < 1.29 is 13.2 Å². The van der Waals surface area contributed by atoms with E-state index < -0.39 is 15.8 Å². The highest BCUT2D eigenvalue weighted by atomic mass is 35.5. The van der Waals surface area contributed by atoms with Crippen LogP contribution in [-0.4, -0.2) is 25.8 Å². The molecular formula is C12H14ClNO3S. The first-order valence-corrected chi connectivity index (χ1v) is 7.89. The van der Waals surface area contributed by atoms with Crippen molar-refractivity contribution in [3.05, 3.63) is 34.9 Å². The number of halogens is 1. The number of sulfone groups is 1. The maximum absolute atomic E-state index is 11.8. The Morgan fingerprint density at radius 1 is 1.39 bits per heavy atom. The van der Waals surface area contributed by atoms with Crippen LogP contribution >= 0.6 is 11.6 Å². The van der Waals surface area contributed by atoms with Crippen molar-refractivity contribution in [2.75, 3.05) is 11.5 Å². The third-order valence-electron chi connectivity index (χ3n) is 3.01. The molecular weight excluding hydrogens is 274 g/mol. The first-order chi connectivity index (χ1) is 8.48. The van der Waals surface area contributed by atoms with E-state index in [1.807, 2.05) is 18.2 Å². The first-order valence-electron chi connectivity index (χ1n) is 5.69. The van der Waals surface area contributed by atoms with Crippen molar-refractivity contribution in [1.29, 1.82) is 0 Å². The minimum absolute atomic E-state index is 0.0403. The van der Waals surface area contributed by atoms with E-state index in [1.54, 1.807) is 6.07 Å². The zero-order valence-corrected chi connectivity index (χ0v) is 11.3. The number of hydrogen-bond acceptors (Lipinski definition) is 3. The fourth-order valence-corrected chi connectivity index (χ4v) is 3.91. The first kappa shape index (κ1) is 13.4. The summed E-state index contributed by atoms with van der Waals surface area (Å²) in [6.45, 7) is 0.328. The van der Waals surface area contributed by atoms with Crippen LogP contribution in [0.4, 0.5) is 0 Å². The molecule has 1 fully saturated rings. The summed E-state index contributed by atoms with van der Waals surface area (Å²) in [5, 5.41) is 3.33. The highest BCUT2D eigenvalue weighted by molar-refractivity contribution is 7.91. The van der Waals surface area contributed by atoms with Crippen molar-refractivity contribution in [2.45, 2.75) is 13.0 Å². The predicted molar refractivity (Wildman–Crippen MR) is 70.1 cm³/mol. The topological polar surface area (TPSA) is 63.2 Å². The lowest BCUT2D eigenvalue weighted by molar-refractivity contribution is -0.124. The van der Waals surface area contributed by atoms with E-state index >= 15 is 0 Å². The van der Waals surface area contributed by atoms with E-state index in [1.165, 1.54) is 0 Å². The van der Waals surface area contributed by atoms with Crippen LogP contribution in [0.15, 0.2) is 24.3 Å². The molecule has 1 aliphatic rings. The smallest absolute Gasteiger partial charge is 0.224 e. The fourth-order valence-electron chi connectivity index (χ4n) is 1.97. The summed E-state index contributed by atoms with van der Waals surface area (Å²) in [6.07, 6.45) is 0.413. The van der Waals surface area contributed by atoms with Gasteiger partial charge in [-0.25, -0.2) is 8.42 Å². The van der Waals surface area contributed by atoms with Gasteiger partial charge < -0.3 is 5.32 Å². The molecule has 1 atom stereocenters. The highest BCUT2D eigenvalue weighted by Gasteiger charge is 2.32. The van der Waals surface area contributed by atoms with E-state index in [0.717, 1.165) is 5.56 Å². The van der Waals surface area contributed by atoms with Gasteiger partial charge in [-0.15, -0.1) is 0 Å². The summed E-state index contributed by atoms with van der Waals surface area (Å²) in [5.41, 5.74) is 0.827. The van der Waals surface area contributed by atoms with Gasteiger partial charge in [-0.2, -0.15) is 0 Å². The van der Waals surface area contributed by atoms with Crippen LogP contribution in [0.2, 0.25) is 5.02 Å². The summed E-state index contributed by atoms with van der Waals surface area (Å²) in [7, 11) is -3.02. The van der Waals surface area contributed by atoms with E-state index in [0.29, 0.717) is 18.0 Å². The molecule has 2 rings (SSSR count). The van der Waals surface area contributed by atoms with Gasteiger partial charge in [0.15, 0.2) is 9.84 Å². The zero-order valence-electron chi connectivity index (χ0n) is 9.73. The van der Waals surface area contributed by atoms with E-state index in [9.17, 15) is 13.2 Å². The molecule has 1 aliphatic heterocycles. The lowest BCUT2D eigenvalue weighted by Crippen LogP contribution is -2.31. The van der Waals surface area contributed by atoms with Crippen molar-refractivity contribution in [1.82, 2.24) is 5.32 Å². The summed E-state index contributed by atoms with van der Waals surface area (Å²) in [5.74, 6) is -0.563. The summed E-state index contributed by atoms with van der Waals surface area (Å²) < 4.78 is 22.5. The Morgan fingerprint density at radius 2 is 2.11 bits per heavy atom. The van der Waals surface area contributed by atoms with Gasteiger partial charge in [0.1, 0.15) is 0 Å². The number of nitrogens with one attached hydrogen (secondary N) is 1. The van der Waals surface area contributed by atoms with Crippen LogP contribution in [0, 0.1) is 5.92 Å². The zero-order chi connectivity index (χ0) is 13.2. The molecule has 1 aromatic rings. The number of carbonyl (C=O) groups excluding carboxylic acids is 1. The SMILES string of the molecule is O=C(NCc1ccccc1Cl)C1CCS(=O)(=O)C1. The molecule has 0 radical (unpaired) electrons. The molecule has 6 heteroatoms. The molecule has 18 heavy (non-hydrogen) atoms. The van der Waals surface area contributed by atoms with Crippen molar-refractivity contribution >= 4 is 27.3 Å². The monoisotopic (exact) mass is 287 g/mol. The molecule has 1 amide bonds. The second kappa shape index (κ2) is 5.28. The molecule has 0 aliphatic carbocycles. The second-order valence-electron chi connectivity index (χ2n) is 4.41. The average molecular weight is 288 g/mol. The van der Waals surface area contributed by atoms with Crippen LogP contribution in [0.3, 0.4) is 0 Å². The molecule has 98 valence electrons. The normalized spacial score (nSPS) is 21.7. The lowest BCUT2D eigenvalue weighted by atomic mass is 10.1. The van der Waals surface area contributed by atoms with Crippen molar-refractivity contribution in [3.8, 4) is 0 Å². The van der Waals surface area contributed by atoms with E-state index in [2.05, 4.69) is 5.32 Å². The van der Waals surface area contributed by atoms with Crippen LogP contribution in [0.25, 0.3) is 0 Å². The van der Waals surface area contributed by atoms with Gasteiger partial charge in [0.2, 0.25) is 5.91 Å². The van der Waals surface area contributed by atoms with Crippen LogP contribution in [0.1, 0.15) is 12.0 Å².